The van der Waals surface area contributed by atoms with Gasteiger partial charge < -0.3 is 15.4 Å². The van der Waals surface area contributed by atoms with Crippen LogP contribution in [-0.4, -0.2) is 34.2 Å². The van der Waals surface area contributed by atoms with Crippen molar-refractivity contribution in [2.45, 2.75) is 32.0 Å². The maximum atomic E-state index is 8.99. The van der Waals surface area contributed by atoms with Crippen LogP contribution in [0.3, 0.4) is 0 Å². The minimum atomic E-state index is -0.682. The molecule has 0 aliphatic rings. The van der Waals surface area contributed by atoms with Gasteiger partial charge in [-0.2, -0.15) is 0 Å². The highest BCUT2D eigenvalue weighted by atomic mass is 16.5. The molecule has 4 N–H and O–H groups in total. The van der Waals surface area contributed by atoms with Crippen LogP contribution >= 0.6 is 0 Å². The standard InChI is InChI=1S/C6H15NO3/c1-5(8)6(9)3-2-4-7-10/h5-10H,2-4H2,1H3. The van der Waals surface area contributed by atoms with Gasteiger partial charge in [-0.05, 0) is 19.8 Å². The first-order chi connectivity index (χ1) is 4.68. The number of rotatable bonds is 5. The van der Waals surface area contributed by atoms with E-state index in [1.807, 2.05) is 5.48 Å². The van der Waals surface area contributed by atoms with Gasteiger partial charge in [0.15, 0.2) is 0 Å². The van der Waals surface area contributed by atoms with E-state index < -0.39 is 12.2 Å². The minimum Gasteiger partial charge on any atom is -0.391 e. The second-order valence-electron chi connectivity index (χ2n) is 2.36. The summed E-state index contributed by atoms with van der Waals surface area (Å²) in [5, 5.41) is 25.9. The summed E-state index contributed by atoms with van der Waals surface area (Å²) < 4.78 is 0. The highest BCUT2D eigenvalue weighted by Gasteiger charge is 2.08. The van der Waals surface area contributed by atoms with Gasteiger partial charge in [0, 0.05) is 6.54 Å². The molecule has 0 aromatic heterocycles. The Morgan fingerprint density at radius 1 is 1.40 bits per heavy atom. The van der Waals surface area contributed by atoms with Crippen LogP contribution < -0.4 is 5.48 Å². The average Bonchev–Trinajstić information content (AvgIpc) is 1.88. The monoisotopic (exact) mass is 149 g/mol. The van der Waals surface area contributed by atoms with Crippen molar-refractivity contribution >= 4 is 0 Å². The molecule has 0 amide bonds. The molecule has 0 bridgehead atoms. The molecule has 4 heteroatoms. The first kappa shape index (κ1) is 9.84. The largest absolute Gasteiger partial charge is 0.391 e. The number of aliphatic hydroxyl groups is 2. The molecule has 0 radical (unpaired) electrons. The molecule has 2 unspecified atom stereocenters. The van der Waals surface area contributed by atoms with Crippen molar-refractivity contribution in [3.63, 3.8) is 0 Å². The Kier molecular flexibility index (Phi) is 5.52. The van der Waals surface area contributed by atoms with Crippen LogP contribution in [0.2, 0.25) is 0 Å². The second kappa shape index (κ2) is 5.61. The van der Waals surface area contributed by atoms with E-state index in [0.717, 1.165) is 0 Å². The maximum Gasteiger partial charge on any atom is 0.0796 e. The molecule has 0 aromatic rings. The lowest BCUT2D eigenvalue weighted by Crippen LogP contribution is -2.23. The molecular weight excluding hydrogens is 134 g/mol. The van der Waals surface area contributed by atoms with Crippen molar-refractivity contribution in [2.24, 2.45) is 0 Å². The lowest BCUT2D eigenvalue weighted by molar-refractivity contribution is 0.0232. The summed E-state index contributed by atoms with van der Waals surface area (Å²) in [5.74, 6) is 0. The smallest absolute Gasteiger partial charge is 0.0796 e. The van der Waals surface area contributed by atoms with E-state index in [4.69, 9.17) is 15.4 Å². The van der Waals surface area contributed by atoms with Crippen LogP contribution in [0.5, 0.6) is 0 Å². The Hall–Kier alpha value is -0.160. The van der Waals surface area contributed by atoms with Gasteiger partial charge in [0.25, 0.3) is 0 Å². The van der Waals surface area contributed by atoms with E-state index in [9.17, 15) is 0 Å². The summed E-state index contributed by atoms with van der Waals surface area (Å²) in [5.41, 5.74) is 1.97. The van der Waals surface area contributed by atoms with Crippen LogP contribution in [0.4, 0.5) is 0 Å². The van der Waals surface area contributed by atoms with Crippen molar-refractivity contribution in [1.82, 2.24) is 5.48 Å². The van der Waals surface area contributed by atoms with Crippen LogP contribution in [0, 0.1) is 0 Å². The predicted octanol–water partition coefficient (Wildman–Crippen LogP) is -0.513. The van der Waals surface area contributed by atoms with E-state index >= 15 is 0 Å². The molecule has 0 spiro atoms. The zero-order valence-electron chi connectivity index (χ0n) is 6.12. The molecule has 0 rings (SSSR count). The van der Waals surface area contributed by atoms with Crippen molar-refractivity contribution in [2.75, 3.05) is 6.54 Å². The van der Waals surface area contributed by atoms with Gasteiger partial charge in [-0.25, -0.2) is 5.48 Å². The number of hydrogen-bond acceptors (Lipinski definition) is 4. The van der Waals surface area contributed by atoms with Gasteiger partial charge in [0.2, 0.25) is 0 Å². The molecule has 0 saturated heterocycles. The van der Waals surface area contributed by atoms with Crippen LogP contribution in [0.25, 0.3) is 0 Å². The fraction of sp³-hybridized carbons (Fsp3) is 1.00. The highest BCUT2D eigenvalue weighted by Crippen LogP contribution is 2.00. The molecule has 62 valence electrons. The number of nitrogens with one attached hydrogen (secondary N) is 1. The lowest BCUT2D eigenvalue weighted by Gasteiger charge is -2.12. The zero-order valence-corrected chi connectivity index (χ0v) is 6.12. The summed E-state index contributed by atoms with van der Waals surface area (Å²) >= 11 is 0. The normalized spacial score (nSPS) is 16.8. The third kappa shape index (κ3) is 4.69. The Bertz CT molecular complexity index is 77.4. The third-order valence-electron chi connectivity index (χ3n) is 1.35. The van der Waals surface area contributed by atoms with E-state index in [-0.39, 0.29) is 0 Å². The molecule has 0 saturated carbocycles. The van der Waals surface area contributed by atoms with Gasteiger partial charge in [-0.3, -0.25) is 0 Å². The molecule has 0 heterocycles. The summed E-state index contributed by atoms with van der Waals surface area (Å²) in [4.78, 5) is 0. The average molecular weight is 149 g/mol. The molecule has 4 nitrogen and oxygen atoms in total. The van der Waals surface area contributed by atoms with E-state index in [2.05, 4.69) is 0 Å². The van der Waals surface area contributed by atoms with Crippen molar-refractivity contribution in [3.05, 3.63) is 0 Å². The lowest BCUT2D eigenvalue weighted by atomic mass is 10.1. The van der Waals surface area contributed by atoms with Gasteiger partial charge >= 0.3 is 0 Å². The first-order valence-corrected chi connectivity index (χ1v) is 3.41. The Morgan fingerprint density at radius 2 is 2.00 bits per heavy atom. The van der Waals surface area contributed by atoms with E-state index in [1.165, 1.54) is 6.92 Å². The predicted molar refractivity (Wildman–Crippen MR) is 36.7 cm³/mol. The van der Waals surface area contributed by atoms with Crippen LogP contribution in [0.1, 0.15) is 19.8 Å². The van der Waals surface area contributed by atoms with Crippen molar-refractivity contribution in [1.29, 1.82) is 0 Å². The minimum absolute atomic E-state index is 0.448. The molecule has 0 aromatic carbocycles. The number of aliphatic hydroxyl groups excluding tert-OH is 2. The zero-order chi connectivity index (χ0) is 7.98. The summed E-state index contributed by atoms with van der Waals surface area (Å²) in [6.07, 6.45) is -0.194. The third-order valence-corrected chi connectivity index (χ3v) is 1.35. The van der Waals surface area contributed by atoms with Crippen LogP contribution in [-0.2, 0) is 0 Å². The first-order valence-electron chi connectivity index (χ1n) is 3.41. The molecule has 10 heavy (non-hydrogen) atoms. The van der Waals surface area contributed by atoms with Gasteiger partial charge in [-0.1, -0.05) is 0 Å². The summed E-state index contributed by atoms with van der Waals surface area (Å²) in [6.45, 7) is 1.99. The maximum absolute atomic E-state index is 8.99. The molecule has 0 aliphatic carbocycles. The Balaban J connectivity index is 3.13. The second-order valence-corrected chi connectivity index (χ2v) is 2.36. The Labute approximate surface area is 60.5 Å². The fourth-order valence-electron chi connectivity index (χ4n) is 0.631. The fourth-order valence-corrected chi connectivity index (χ4v) is 0.631. The molecule has 2 atom stereocenters. The molecular formula is C6H15NO3. The highest BCUT2D eigenvalue weighted by molar-refractivity contribution is 4.61. The van der Waals surface area contributed by atoms with Crippen molar-refractivity contribution < 1.29 is 15.4 Å². The van der Waals surface area contributed by atoms with Gasteiger partial charge in [-0.15, -0.1) is 0 Å². The molecule has 0 fully saturated rings. The van der Waals surface area contributed by atoms with E-state index in [1.54, 1.807) is 0 Å². The summed E-state index contributed by atoms with van der Waals surface area (Å²) in [6, 6.07) is 0. The van der Waals surface area contributed by atoms with Crippen molar-refractivity contribution in [3.8, 4) is 0 Å². The Morgan fingerprint density at radius 3 is 2.40 bits per heavy atom. The summed E-state index contributed by atoms with van der Waals surface area (Å²) in [7, 11) is 0. The van der Waals surface area contributed by atoms with E-state index in [0.29, 0.717) is 19.4 Å². The SMILES string of the molecule is CC(O)C(O)CCCNO. The van der Waals surface area contributed by atoms with Crippen LogP contribution in [0.15, 0.2) is 0 Å². The van der Waals surface area contributed by atoms with Gasteiger partial charge in [0.1, 0.15) is 0 Å². The van der Waals surface area contributed by atoms with Gasteiger partial charge in [0.05, 0.1) is 12.2 Å². The topological polar surface area (TPSA) is 72.7 Å². The molecule has 0 aliphatic heterocycles. The quantitative estimate of drug-likeness (QED) is 0.314. The number of hydroxylamine groups is 1. The number of hydrogen-bond donors (Lipinski definition) is 4.